The number of ketones is 1. The van der Waals surface area contributed by atoms with Gasteiger partial charge in [-0.2, -0.15) is 0 Å². The molecule has 0 spiro atoms. The Balaban J connectivity index is 2.11. The highest BCUT2D eigenvalue weighted by atomic mass is 16.5. The monoisotopic (exact) mass is 236 g/mol. The van der Waals surface area contributed by atoms with Crippen LogP contribution in [-0.4, -0.2) is 18.4 Å². The number of hydrogen-bond donors (Lipinski definition) is 0. The van der Waals surface area contributed by atoms with Crippen molar-refractivity contribution in [3.8, 4) is 0 Å². The third-order valence-electron chi connectivity index (χ3n) is 4.10. The van der Waals surface area contributed by atoms with Gasteiger partial charge in [0.25, 0.3) is 0 Å². The zero-order chi connectivity index (χ0) is 12.4. The van der Waals surface area contributed by atoms with Crippen LogP contribution in [0.2, 0.25) is 0 Å². The summed E-state index contributed by atoms with van der Waals surface area (Å²) in [5.74, 6) is 0.422. The highest BCUT2D eigenvalue weighted by Gasteiger charge is 2.40. The second kappa shape index (κ2) is 5.03. The molecule has 2 aliphatic carbocycles. The predicted molar refractivity (Wildman–Crippen MR) is 64.3 cm³/mol. The first-order valence-electron chi connectivity index (χ1n) is 6.50. The van der Waals surface area contributed by atoms with Gasteiger partial charge in [0.2, 0.25) is 0 Å². The molecule has 0 aromatic rings. The number of Topliss-reactive ketones (excluding diaryl/α,β-unsaturated/α-hetero) is 1. The average Bonchev–Trinajstić information content (AvgIpc) is 2.56. The molecule has 1 unspecified atom stereocenters. The smallest absolute Gasteiger partial charge is 0.308 e. The van der Waals surface area contributed by atoms with Crippen LogP contribution in [0, 0.1) is 17.8 Å². The molecule has 0 radical (unpaired) electrons. The van der Waals surface area contributed by atoms with Crippen LogP contribution in [0.1, 0.15) is 39.0 Å². The van der Waals surface area contributed by atoms with E-state index < -0.39 is 0 Å². The minimum absolute atomic E-state index is 0.108. The quantitative estimate of drug-likeness (QED) is 0.546. The summed E-state index contributed by atoms with van der Waals surface area (Å²) in [5.41, 5.74) is 1.15. The number of fused-ring (bicyclic) bond motifs is 1. The van der Waals surface area contributed by atoms with Gasteiger partial charge in [0, 0.05) is 12.3 Å². The van der Waals surface area contributed by atoms with E-state index in [-0.39, 0.29) is 23.7 Å². The minimum Gasteiger partial charge on any atom is -0.466 e. The van der Waals surface area contributed by atoms with Crippen LogP contribution in [-0.2, 0) is 14.3 Å². The molecule has 2 saturated carbocycles. The molecule has 2 rings (SSSR count). The van der Waals surface area contributed by atoms with E-state index in [9.17, 15) is 9.59 Å². The third-order valence-corrected chi connectivity index (χ3v) is 4.10. The van der Waals surface area contributed by atoms with Crippen molar-refractivity contribution in [2.24, 2.45) is 17.8 Å². The van der Waals surface area contributed by atoms with Crippen molar-refractivity contribution in [1.82, 2.24) is 0 Å². The van der Waals surface area contributed by atoms with E-state index in [0.717, 1.165) is 24.8 Å². The molecule has 0 N–H and O–H groups in total. The van der Waals surface area contributed by atoms with E-state index in [1.807, 2.05) is 6.92 Å². The Bertz CT molecular complexity index is 345. The first-order valence-corrected chi connectivity index (χ1v) is 6.50. The van der Waals surface area contributed by atoms with E-state index in [0.29, 0.717) is 25.2 Å². The maximum atomic E-state index is 12.0. The van der Waals surface area contributed by atoms with Crippen LogP contribution in [0.15, 0.2) is 12.2 Å². The van der Waals surface area contributed by atoms with Gasteiger partial charge >= 0.3 is 5.97 Å². The summed E-state index contributed by atoms with van der Waals surface area (Å²) in [6, 6.07) is 0. The number of ether oxygens (including phenoxy) is 1. The Morgan fingerprint density at radius 2 is 2.12 bits per heavy atom. The molecule has 0 aliphatic heterocycles. The topological polar surface area (TPSA) is 43.4 Å². The summed E-state index contributed by atoms with van der Waals surface area (Å²) in [6.45, 7) is 6.28. The van der Waals surface area contributed by atoms with E-state index in [4.69, 9.17) is 4.74 Å². The largest absolute Gasteiger partial charge is 0.466 e. The Hall–Kier alpha value is -1.12. The summed E-state index contributed by atoms with van der Waals surface area (Å²) in [7, 11) is 0. The van der Waals surface area contributed by atoms with Crippen LogP contribution in [0.4, 0.5) is 0 Å². The SMILES string of the molecule is C=C1CC[C@H]2C(=O)CCC(C(=O)OCC)C[C@@H]12. The number of carbonyl (C=O) groups excluding carboxylic acids is 2. The fourth-order valence-corrected chi connectivity index (χ4v) is 3.13. The number of hydrogen-bond acceptors (Lipinski definition) is 3. The molecule has 0 aromatic carbocycles. The maximum Gasteiger partial charge on any atom is 0.308 e. The first kappa shape index (κ1) is 12.3. The van der Waals surface area contributed by atoms with Crippen molar-refractivity contribution >= 4 is 11.8 Å². The molecule has 3 nitrogen and oxygen atoms in total. The standard InChI is InChI=1S/C14H20O3/c1-3-17-14(16)10-5-7-13(15)11-6-4-9(2)12(11)8-10/h10-12H,2-8H2,1H3/t10?,11-,12+/m1/s1. The van der Waals surface area contributed by atoms with E-state index >= 15 is 0 Å². The molecule has 17 heavy (non-hydrogen) atoms. The normalized spacial score (nSPS) is 33.1. The van der Waals surface area contributed by atoms with Crippen molar-refractivity contribution in [2.75, 3.05) is 6.61 Å². The van der Waals surface area contributed by atoms with Crippen LogP contribution in [0.25, 0.3) is 0 Å². The molecular weight excluding hydrogens is 216 g/mol. The Morgan fingerprint density at radius 3 is 2.82 bits per heavy atom. The van der Waals surface area contributed by atoms with E-state index in [1.54, 1.807) is 0 Å². The fraction of sp³-hybridized carbons (Fsp3) is 0.714. The molecule has 3 heteroatoms. The van der Waals surface area contributed by atoms with Gasteiger partial charge in [-0.1, -0.05) is 12.2 Å². The lowest BCUT2D eigenvalue weighted by atomic mass is 9.86. The van der Waals surface area contributed by atoms with Gasteiger partial charge in [0.05, 0.1) is 12.5 Å². The highest BCUT2D eigenvalue weighted by Crippen LogP contribution is 2.43. The molecule has 0 heterocycles. The van der Waals surface area contributed by atoms with Crippen LogP contribution in [0.3, 0.4) is 0 Å². The molecule has 0 saturated heterocycles. The fourth-order valence-electron chi connectivity index (χ4n) is 3.13. The Kier molecular flexibility index (Phi) is 3.65. The average molecular weight is 236 g/mol. The van der Waals surface area contributed by atoms with E-state index in [1.165, 1.54) is 0 Å². The Morgan fingerprint density at radius 1 is 1.35 bits per heavy atom. The molecule has 0 aromatic heterocycles. The highest BCUT2D eigenvalue weighted by molar-refractivity contribution is 5.84. The molecule has 3 atom stereocenters. The van der Waals surface area contributed by atoms with Gasteiger partial charge in [-0.05, 0) is 38.5 Å². The molecule has 0 amide bonds. The lowest BCUT2D eigenvalue weighted by molar-refractivity contribution is -0.148. The van der Waals surface area contributed by atoms with Crippen LogP contribution >= 0.6 is 0 Å². The zero-order valence-corrected chi connectivity index (χ0v) is 10.4. The minimum atomic E-state index is -0.138. The predicted octanol–water partition coefficient (Wildman–Crippen LogP) is 2.50. The lowest BCUT2D eigenvalue weighted by Crippen LogP contribution is -2.21. The molecule has 94 valence electrons. The van der Waals surface area contributed by atoms with Crippen molar-refractivity contribution < 1.29 is 14.3 Å². The summed E-state index contributed by atoms with van der Waals surface area (Å²) in [6.07, 6.45) is 3.80. The summed E-state index contributed by atoms with van der Waals surface area (Å²) in [4.78, 5) is 23.8. The zero-order valence-electron chi connectivity index (χ0n) is 10.4. The van der Waals surface area contributed by atoms with Crippen molar-refractivity contribution in [1.29, 1.82) is 0 Å². The second-order valence-corrected chi connectivity index (χ2v) is 5.10. The van der Waals surface area contributed by atoms with Gasteiger partial charge in [0.1, 0.15) is 5.78 Å². The maximum absolute atomic E-state index is 12.0. The number of carbonyl (C=O) groups is 2. The first-order chi connectivity index (χ1) is 8.13. The molecule has 2 aliphatic rings. The van der Waals surface area contributed by atoms with Crippen molar-refractivity contribution in [3.05, 3.63) is 12.2 Å². The number of rotatable bonds is 2. The number of esters is 1. The van der Waals surface area contributed by atoms with Gasteiger partial charge in [-0.15, -0.1) is 0 Å². The molecular formula is C14H20O3. The van der Waals surface area contributed by atoms with Gasteiger partial charge in [0.15, 0.2) is 0 Å². The molecule has 0 bridgehead atoms. The summed E-state index contributed by atoms with van der Waals surface area (Å²) in [5, 5.41) is 0. The Labute approximate surface area is 102 Å². The van der Waals surface area contributed by atoms with E-state index in [2.05, 4.69) is 6.58 Å². The van der Waals surface area contributed by atoms with Crippen LogP contribution in [0.5, 0.6) is 0 Å². The second-order valence-electron chi connectivity index (χ2n) is 5.10. The third kappa shape index (κ3) is 2.43. The molecule has 2 fully saturated rings. The van der Waals surface area contributed by atoms with Crippen molar-refractivity contribution in [3.63, 3.8) is 0 Å². The van der Waals surface area contributed by atoms with Gasteiger partial charge < -0.3 is 4.74 Å². The van der Waals surface area contributed by atoms with Gasteiger partial charge in [-0.25, -0.2) is 0 Å². The van der Waals surface area contributed by atoms with Crippen molar-refractivity contribution in [2.45, 2.75) is 39.0 Å². The number of allylic oxidation sites excluding steroid dienone is 1. The lowest BCUT2D eigenvalue weighted by Gasteiger charge is -2.19. The summed E-state index contributed by atoms with van der Waals surface area (Å²) >= 11 is 0. The van der Waals surface area contributed by atoms with Gasteiger partial charge in [-0.3, -0.25) is 9.59 Å². The van der Waals surface area contributed by atoms with Crippen LogP contribution < -0.4 is 0 Å². The summed E-state index contributed by atoms with van der Waals surface area (Å²) < 4.78 is 5.08.